The highest BCUT2D eigenvalue weighted by Crippen LogP contribution is 2.21. The van der Waals surface area contributed by atoms with E-state index in [1.807, 2.05) is 0 Å². The number of nitrogens with zero attached hydrogens (tertiary/aromatic N) is 1. The zero-order valence-corrected chi connectivity index (χ0v) is 11.5. The van der Waals surface area contributed by atoms with Crippen LogP contribution in [-0.2, 0) is 4.74 Å². The second kappa shape index (κ2) is 5.99. The molecule has 0 bridgehead atoms. The van der Waals surface area contributed by atoms with Crippen molar-refractivity contribution in [3.05, 3.63) is 0 Å². The standard InChI is InChI=1S/C13H28N2O/c1-6-7-12(14-5)9-15-8-11(2)16-13(3,4)10-15/h11-12,14H,6-10H2,1-5H3. The molecule has 96 valence electrons. The summed E-state index contributed by atoms with van der Waals surface area (Å²) in [7, 11) is 2.06. The summed E-state index contributed by atoms with van der Waals surface area (Å²) in [5.74, 6) is 0. The van der Waals surface area contributed by atoms with E-state index in [0.29, 0.717) is 12.1 Å². The minimum absolute atomic E-state index is 0.00216. The highest BCUT2D eigenvalue weighted by molar-refractivity contribution is 4.84. The maximum Gasteiger partial charge on any atom is 0.0757 e. The lowest BCUT2D eigenvalue weighted by atomic mass is 10.0. The summed E-state index contributed by atoms with van der Waals surface area (Å²) in [5, 5.41) is 3.41. The van der Waals surface area contributed by atoms with E-state index in [4.69, 9.17) is 4.74 Å². The molecular formula is C13H28N2O. The van der Waals surface area contributed by atoms with E-state index in [1.54, 1.807) is 0 Å². The molecule has 0 spiro atoms. The van der Waals surface area contributed by atoms with E-state index >= 15 is 0 Å². The molecule has 0 amide bonds. The summed E-state index contributed by atoms with van der Waals surface area (Å²) in [6, 6.07) is 0.617. The minimum atomic E-state index is 0.00216. The molecule has 0 aromatic rings. The highest BCUT2D eigenvalue weighted by atomic mass is 16.5. The van der Waals surface area contributed by atoms with E-state index in [9.17, 15) is 0 Å². The third kappa shape index (κ3) is 4.40. The molecule has 1 aliphatic heterocycles. The van der Waals surface area contributed by atoms with Crippen LogP contribution in [0.25, 0.3) is 0 Å². The van der Waals surface area contributed by atoms with Crippen LogP contribution < -0.4 is 5.32 Å². The first-order chi connectivity index (χ1) is 7.46. The molecular weight excluding hydrogens is 200 g/mol. The van der Waals surface area contributed by atoms with Gasteiger partial charge in [-0.25, -0.2) is 0 Å². The topological polar surface area (TPSA) is 24.5 Å². The quantitative estimate of drug-likeness (QED) is 0.777. The van der Waals surface area contributed by atoms with Crippen molar-refractivity contribution in [3.8, 4) is 0 Å². The normalized spacial score (nSPS) is 27.9. The van der Waals surface area contributed by atoms with E-state index in [0.717, 1.165) is 19.6 Å². The van der Waals surface area contributed by atoms with Gasteiger partial charge in [0.05, 0.1) is 11.7 Å². The van der Waals surface area contributed by atoms with Crippen molar-refractivity contribution >= 4 is 0 Å². The average Bonchev–Trinajstić information content (AvgIpc) is 2.13. The first kappa shape index (κ1) is 13.9. The van der Waals surface area contributed by atoms with Crippen LogP contribution in [0, 0.1) is 0 Å². The molecule has 0 saturated carbocycles. The Morgan fingerprint density at radius 3 is 2.69 bits per heavy atom. The van der Waals surface area contributed by atoms with Crippen molar-refractivity contribution in [2.75, 3.05) is 26.7 Å². The lowest BCUT2D eigenvalue weighted by Gasteiger charge is -2.42. The molecule has 3 heteroatoms. The van der Waals surface area contributed by atoms with Gasteiger partial charge >= 0.3 is 0 Å². The Bertz CT molecular complexity index is 206. The first-order valence-corrected chi connectivity index (χ1v) is 6.54. The van der Waals surface area contributed by atoms with Crippen LogP contribution in [0.4, 0.5) is 0 Å². The zero-order chi connectivity index (χ0) is 12.2. The summed E-state index contributed by atoms with van der Waals surface area (Å²) < 4.78 is 5.92. The number of ether oxygens (including phenoxy) is 1. The van der Waals surface area contributed by atoms with Crippen LogP contribution in [0.5, 0.6) is 0 Å². The Balaban J connectivity index is 2.46. The number of rotatable bonds is 5. The Labute approximate surface area is 101 Å². The Hall–Kier alpha value is -0.120. The van der Waals surface area contributed by atoms with Gasteiger partial charge in [0.2, 0.25) is 0 Å². The molecule has 1 saturated heterocycles. The van der Waals surface area contributed by atoms with E-state index in [-0.39, 0.29) is 5.60 Å². The molecule has 0 aliphatic carbocycles. The number of hydrogen-bond acceptors (Lipinski definition) is 3. The summed E-state index contributed by atoms with van der Waals surface area (Å²) in [6.07, 6.45) is 2.85. The lowest BCUT2D eigenvalue weighted by Crippen LogP contribution is -2.54. The number of nitrogens with one attached hydrogen (secondary N) is 1. The fourth-order valence-electron chi connectivity index (χ4n) is 2.71. The fourth-order valence-corrected chi connectivity index (χ4v) is 2.71. The number of hydrogen-bond donors (Lipinski definition) is 1. The van der Waals surface area contributed by atoms with Crippen molar-refractivity contribution in [1.29, 1.82) is 0 Å². The number of morpholine rings is 1. The molecule has 1 N–H and O–H groups in total. The SMILES string of the molecule is CCCC(CN1CC(C)OC(C)(C)C1)NC. The van der Waals surface area contributed by atoms with Gasteiger partial charge in [0.25, 0.3) is 0 Å². The van der Waals surface area contributed by atoms with Crippen LogP contribution in [0.1, 0.15) is 40.5 Å². The van der Waals surface area contributed by atoms with Crippen LogP contribution in [0.3, 0.4) is 0 Å². The van der Waals surface area contributed by atoms with Crippen LogP contribution in [-0.4, -0.2) is 49.3 Å². The van der Waals surface area contributed by atoms with Crippen molar-refractivity contribution in [2.24, 2.45) is 0 Å². The molecule has 0 aromatic carbocycles. The first-order valence-electron chi connectivity index (χ1n) is 6.54. The molecule has 16 heavy (non-hydrogen) atoms. The van der Waals surface area contributed by atoms with Crippen molar-refractivity contribution in [3.63, 3.8) is 0 Å². The number of likely N-dealkylation sites (N-methyl/N-ethyl adjacent to an activating group) is 1. The van der Waals surface area contributed by atoms with Gasteiger partial charge in [-0.1, -0.05) is 13.3 Å². The maximum atomic E-state index is 5.92. The molecule has 1 rings (SSSR count). The summed E-state index contributed by atoms with van der Waals surface area (Å²) in [4.78, 5) is 2.53. The van der Waals surface area contributed by atoms with Crippen LogP contribution in [0.2, 0.25) is 0 Å². The molecule has 1 aliphatic rings. The predicted molar refractivity (Wildman–Crippen MR) is 68.8 cm³/mol. The minimum Gasteiger partial charge on any atom is -0.370 e. The second-order valence-electron chi connectivity index (χ2n) is 5.66. The van der Waals surface area contributed by atoms with Gasteiger partial charge in [0.15, 0.2) is 0 Å². The Morgan fingerprint density at radius 1 is 1.50 bits per heavy atom. The summed E-state index contributed by atoms with van der Waals surface area (Å²) in [5.41, 5.74) is 0.00216. The van der Waals surface area contributed by atoms with Gasteiger partial charge in [0.1, 0.15) is 0 Å². The largest absolute Gasteiger partial charge is 0.370 e. The van der Waals surface area contributed by atoms with Crippen molar-refractivity contribution in [1.82, 2.24) is 10.2 Å². The lowest BCUT2D eigenvalue weighted by molar-refractivity contribution is -0.129. The summed E-state index contributed by atoms with van der Waals surface area (Å²) in [6.45, 7) is 12.0. The average molecular weight is 228 g/mol. The van der Waals surface area contributed by atoms with E-state index in [2.05, 4.69) is 45.0 Å². The molecule has 1 fully saturated rings. The molecule has 3 nitrogen and oxygen atoms in total. The molecule has 1 heterocycles. The van der Waals surface area contributed by atoms with Gasteiger partial charge < -0.3 is 10.1 Å². The smallest absolute Gasteiger partial charge is 0.0757 e. The molecule has 2 atom stereocenters. The van der Waals surface area contributed by atoms with Crippen molar-refractivity contribution < 1.29 is 4.74 Å². The summed E-state index contributed by atoms with van der Waals surface area (Å²) >= 11 is 0. The fraction of sp³-hybridized carbons (Fsp3) is 1.00. The van der Waals surface area contributed by atoms with Crippen molar-refractivity contribution in [2.45, 2.75) is 58.3 Å². The van der Waals surface area contributed by atoms with Gasteiger partial charge in [-0.15, -0.1) is 0 Å². The van der Waals surface area contributed by atoms with E-state index in [1.165, 1.54) is 12.8 Å². The Kier molecular flexibility index (Phi) is 5.22. The van der Waals surface area contributed by atoms with Crippen LogP contribution in [0.15, 0.2) is 0 Å². The van der Waals surface area contributed by atoms with E-state index < -0.39 is 0 Å². The second-order valence-corrected chi connectivity index (χ2v) is 5.66. The molecule has 0 radical (unpaired) electrons. The third-order valence-electron chi connectivity index (χ3n) is 3.16. The third-order valence-corrected chi connectivity index (χ3v) is 3.16. The Morgan fingerprint density at radius 2 is 2.19 bits per heavy atom. The van der Waals surface area contributed by atoms with Crippen LogP contribution >= 0.6 is 0 Å². The van der Waals surface area contributed by atoms with Gasteiger partial charge in [-0.05, 0) is 34.2 Å². The predicted octanol–water partition coefficient (Wildman–Crippen LogP) is 1.87. The zero-order valence-electron chi connectivity index (χ0n) is 11.5. The maximum absolute atomic E-state index is 5.92. The monoisotopic (exact) mass is 228 g/mol. The van der Waals surface area contributed by atoms with Gasteiger partial charge in [-0.2, -0.15) is 0 Å². The highest BCUT2D eigenvalue weighted by Gasteiger charge is 2.31. The van der Waals surface area contributed by atoms with Gasteiger partial charge in [-0.3, -0.25) is 4.90 Å². The van der Waals surface area contributed by atoms with Gasteiger partial charge in [0, 0.05) is 25.7 Å². The molecule has 2 unspecified atom stereocenters. The molecule has 0 aromatic heterocycles.